The fourth-order valence-corrected chi connectivity index (χ4v) is 3.19. The summed E-state index contributed by atoms with van der Waals surface area (Å²) < 4.78 is 25.4. The van der Waals surface area contributed by atoms with E-state index in [0.717, 1.165) is 32.2 Å². The van der Waals surface area contributed by atoms with E-state index in [9.17, 15) is 8.78 Å². The summed E-state index contributed by atoms with van der Waals surface area (Å²) >= 11 is 0. The van der Waals surface area contributed by atoms with Crippen molar-refractivity contribution in [3.05, 3.63) is 0 Å². The number of nitrogens with zero attached hydrogens (tertiary/aromatic N) is 1. The van der Waals surface area contributed by atoms with Gasteiger partial charge < -0.3 is 5.73 Å². The van der Waals surface area contributed by atoms with Crippen LogP contribution < -0.4 is 5.73 Å². The molecular formula is C13H26F2N2. The second kappa shape index (κ2) is 6.64. The summed E-state index contributed by atoms with van der Waals surface area (Å²) in [7, 11) is 0. The van der Waals surface area contributed by atoms with Gasteiger partial charge in [-0.15, -0.1) is 0 Å². The molecule has 0 heterocycles. The topological polar surface area (TPSA) is 29.3 Å². The SMILES string of the molecule is CCCN(CC(F)F)C1(CN)CCCC(C)C1. The van der Waals surface area contributed by atoms with Crippen LogP contribution in [0.25, 0.3) is 0 Å². The van der Waals surface area contributed by atoms with Crippen LogP contribution in [-0.4, -0.2) is 36.5 Å². The maximum Gasteiger partial charge on any atom is 0.251 e. The molecule has 0 amide bonds. The van der Waals surface area contributed by atoms with E-state index in [1.54, 1.807) is 0 Å². The van der Waals surface area contributed by atoms with Gasteiger partial charge in [0.15, 0.2) is 0 Å². The lowest BCUT2D eigenvalue weighted by Gasteiger charge is -2.47. The normalized spacial score (nSPS) is 30.2. The maximum atomic E-state index is 12.7. The van der Waals surface area contributed by atoms with Crippen molar-refractivity contribution < 1.29 is 8.78 Å². The van der Waals surface area contributed by atoms with E-state index in [1.807, 2.05) is 11.8 Å². The third-order valence-electron chi connectivity index (χ3n) is 3.97. The average Bonchev–Trinajstić information content (AvgIpc) is 2.28. The van der Waals surface area contributed by atoms with Crippen molar-refractivity contribution in [2.24, 2.45) is 11.7 Å². The van der Waals surface area contributed by atoms with Crippen LogP contribution in [0.2, 0.25) is 0 Å². The van der Waals surface area contributed by atoms with E-state index in [4.69, 9.17) is 5.73 Å². The molecule has 0 aromatic carbocycles. The Morgan fingerprint density at radius 3 is 2.65 bits per heavy atom. The van der Waals surface area contributed by atoms with Gasteiger partial charge in [-0.25, -0.2) is 8.78 Å². The molecule has 0 aromatic rings. The first-order valence-corrected chi connectivity index (χ1v) is 6.77. The minimum Gasteiger partial charge on any atom is -0.329 e. The fourth-order valence-electron chi connectivity index (χ4n) is 3.19. The summed E-state index contributed by atoms with van der Waals surface area (Å²) in [5, 5.41) is 0. The van der Waals surface area contributed by atoms with Crippen LogP contribution in [0, 0.1) is 5.92 Å². The van der Waals surface area contributed by atoms with E-state index in [-0.39, 0.29) is 12.1 Å². The van der Waals surface area contributed by atoms with Gasteiger partial charge in [-0.1, -0.05) is 26.7 Å². The molecular weight excluding hydrogens is 222 g/mol. The molecule has 0 saturated heterocycles. The van der Waals surface area contributed by atoms with Crippen molar-refractivity contribution in [1.82, 2.24) is 4.90 Å². The highest BCUT2D eigenvalue weighted by Gasteiger charge is 2.39. The minimum atomic E-state index is -2.26. The van der Waals surface area contributed by atoms with Crippen LogP contribution in [0.4, 0.5) is 8.78 Å². The number of nitrogens with two attached hydrogens (primary N) is 1. The Balaban J connectivity index is 2.77. The summed E-state index contributed by atoms with van der Waals surface area (Å²) in [6.07, 6.45) is 2.90. The molecule has 0 radical (unpaired) electrons. The lowest BCUT2D eigenvalue weighted by atomic mass is 9.75. The summed E-state index contributed by atoms with van der Waals surface area (Å²) in [5.74, 6) is 0.601. The Bertz CT molecular complexity index is 223. The summed E-state index contributed by atoms with van der Waals surface area (Å²) in [5.41, 5.74) is 5.74. The van der Waals surface area contributed by atoms with Crippen molar-refractivity contribution in [1.29, 1.82) is 0 Å². The second-order valence-electron chi connectivity index (χ2n) is 5.47. The number of rotatable bonds is 6. The first kappa shape index (κ1) is 14.8. The zero-order valence-electron chi connectivity index (χ0n) is 11.1. The lowest BCUT2D eigenvalue weighted by molar-refractivity contribution is -0.00744. The Morgan fingerprint density at radius 1 is 1.47 bits per heavy atom. The maximum absolute atomic E-state index is 12.7. The molecule has 4 heteroatoms. The van der Waals surface area contributed by atoms with Gasteiger partial charge in [-0.05, 0) is 31.7 Å². The number of hydrogen-bond donors (Lipinski definition) is 1. The smallest absolute Gasteiger partial charge is 0.251 e. The van der Waals surface area contributed by atoms with Gasteiger partial charge in [0.25, 0.3) is 6.43 Å². The zero-order valence-corrected chi connectivity index (χ0v) is 11.1. The molecule has 0 aromatic heterocycles. The Kier molecular flexibility index (Phi) is 5.80. The van der Waals surface area contributed by atoms with Gasteiger partial charge in [0, 0.05) is 12.1 Å². The van der Waals surface area contributed by atoms with Crippen molar-refractivity contribution in [3.63, 3.8) is 0 Å². The molecule has 1 rings (SSSR count). The quantitative estimate of drug-likeness (QED) is 0.783. The molecule has 17 heavy (non-hydrogen) atoms. The highest BCUT2D eigenvalue weighted by Crippen LogP contribution is 2.36. The van der Waals surface area contributed by atoms with Crippen molar-refractivity contribution in [2.75, 3.05) is 19.6 Å². The molecule has 2 nitrogen and oxygen atoms in total. The number of halogens is 2. The molecule has 2 atom stereocenters. The Labute approximate surface area is 104 Å². The van der Waals surface area contributed by atoms with Crippen LogP contribution in [0.1, 0.15) is 46.0 Å². The lowest BCUT2D eigenvalue weighted by Crippen LogP contribution is -2.57. The van der Waals surface area contributed by atoms with Crippen LogP contribution in [0.5, 0.6) is 0 Å². The Hall–Kier alpha value is -0.220. The van der Waals surface area contributed by atoms with Crippen molar-refractivity contribution in [2.45, 2.75) is 57.9 Å². The van der Waals surface area contributed by atoms with E-state index in [0.29, 0.717) is 12.5 Å². The van der Waals surface area contributed by atoms with E-state index >= 15 is 0 Å². The van der Waals surface area contributed by atoms with Gasteiger partial charge in [-0.3, -0.25) is 4.90 Å². The molecule has 0 spiro atoms. The summed E-state index contributed by atoms with van der Waals surface area (Å²) in [4.78, 5) is 1.95. The van der Waals surface area contributed by atoms with Gasteiger partial charge in [0.1, 0.15) is 0 Å². The zero-order chi connectivity index (χ0) is 12.9. The van der Waals surface area contributed by atoms with Gasteiger partial charge >= 0.3 is 0 Å². The minimum absolute atomic E-state index is 0.127. The van der Waals surface area contributed by atoms with Crippen LogP contribution >= 0.6 is 0 Å². The molecule has 2 N–H and O–H groups in total. The van der Waals surface area contributed by atoms with E-state index < -0.39 is 6.43 Å². The molecule has 1 fully saturated rings. The Morgan fingerprint density at radius 2 is 2.18 bits per heavy atom. The standard InChI is InChI=1S/C13H26F2N2/c1-3-7-17(9-12(14)15)13(10-16)6-4-5-11(2)8-13/h11-12H,3-10,16H2,1-2H3. The fraction of sp³-hybridized carbons (Fsp3) is 1.00. The molecule has 1 saturated carbocycles. The van der Waals surface area contributed by atoms with Gasteiger partial charge in [0.05, 0.1) is 6.54 Å². The predicted octanol–water partition coefficient (Wildman–Crippen LogP) is 2.87. The molecule has 1 aliphatic carbocycles. The van der Waals surface area contributed by atoms with Gasteiger partial charge in [0.2, 0.25) is 0 Å². The van der Waals surface area contributed by atoms with E-state index in [2.05, 4.69) is 6.92 Å². The third-order valence-corrected chi connectivity index (χ3v) is 3.97. The second-order valence-corrected chi connectivity index (χ2v) is 5.47. The molecule has 0 aliphatic heterocycles. The molecule has 1 aliphatic rings. The van der Waals surface area contributed by atoms with Crippen LogP contribution in [0.3, 0.4) is 0 Å². The summed E-state index contributed by atoms with van der Waals surface area (Å²) in [6.45, 7) is 5.35. The van der Waals surface area contributed by atoms with Crippen molar-refractivity contribution in [3.8, 4) is 0 Å². The highest BCUT2D eigenvalue weighted by molar-refractivity contribution is 4.96. The largest absolute Gasteiger partial charge is 0.329 e. The molecule has 102 valence electrons. The average molecular weight is 248 g/mol. The van der Waals surface area contributed by atoms with Gasteiger partial charge in [-0.2, -0.15) is 0 Å². The monoisotopic (exact) mass is 248 g/mol. The number of hydrogen-bond acceptors (Lipinski definition) is 2. The highest BCUT2D eigenvalue weighted by atomic mass is 19.3. The third kappa shape index (κ3) is 3.88. The van der Waals surface area contributed by atoms with Crippen molar-refractivity contribution >= 4 is 0 Å². The molecule has 0 bridgehead atoms. The number of alkyl halides is 2. The first-order chi connectivity index (χ1) is 8.04. The molecule has 2 unspecified atom stereocenters. The first-order valence-electron chi connectivity index (χ1n) is 6.77. The summed E-state index contributed by atoms with van der Waals surface area (Å²) in [6, 6.07) is 0. The predicted molar refractivity (Wildman–Crippen MR) is 67.3 cm³/mol. The van der Waals surface area contributed by atoms with Crippen LogP contribution in [0.15, 0.2) is 0 Å². The van der Waals surface area contributed by atoms with Crippen LogP contribution in [-0.2, 0) is 0 Å². The van der Waals surface area contributed by atoms with E-state index in [1.165, 1.54) is 6.42 Å².